The monoisotopic (exact) mass is 244 g/mol. The third kappa shape index (κ3) is 1.98. The van der Waals surface area contributed by atoms with Gasteiger partial charge in [-0.25, -0.2) is 9.97 Å². The maximum atomic E-state index is 10.7. The molecule has 0 spiro atoms. The van der Waals surface area contributed by atoms with Crippen molar-refractivity contribution in [2.75, 3.05) is 0 Å². The Morgan fingerprint density at radius 3 is 1.83 bits per heavy atom. The summed E-state index contributed by atoms with van der Waals surface area (Å²) in [5, 5.41) is -1.26. The number of carbonyl (C=O) groups is 1. The second-order valence-corrected chi connectivity index (χ2v) is 3.12. The molecule has 1 heterocycles. The number of carbonyl (C=O) groups excluding carboxylic acids is 1. The van der Waals surface area contributed by atoms with Crippen LogP contribution in [0.2, 0.25) is 15.6 Å². The Kier molecular flexibility index (Phi) is 3.12. The molecular weight excluding hydrogens is 246 g/mol. The van der Waals surface area contributed by atoms with Crippen molar-refractivity contribution in [2.45, 2.75) is 0 Å². The summed E-state index contributed by atoms with van der Waals surface area (Å²) in [4.78, 5) is 17.6. The fourth-order valence-electron chi connectivity index (χ4n) is 0.546. The molecule has 0 aromatic carbocycles. The van der Waals surface area contributed by atoms with E-state index in [-0.39, 0.29) is 21.2 Å². The predicted octanol–water partition coefficient (Wildman–Crippen LogP) is 2.82. The van der Waals surface area contributed by atoms with Crippen molar-refractivity contribution < 1.29 is 4.79 Å². The van der Waals surface area contributed by atoms with Crippen molar-refractivity contribution in [1.29, 1.82) is 0 Å². The third-order valence-electron chi connectivity index (χ3n) is 0.990. The van der Waals surface area contributed by atoms with Gasteiger partial charge in [0.25, 0.3) is 5.24 Å². The van der Waals surface area contributed by atoms with E-state index in [0.717, 1.165) is 0 Å². The van der Waals surface area contributed by atoms with Crippen LogP contribution in [0.1, 0.15) is 10.4 Å². The number of hydrogen-bond acceptors (Lipinski definition) is 3. The Hall–Kier alpha value is -0.0900. The molecular formula is C5Cl4N2O. The van der Waals surface area contributed by atoms with Crippen LogP contribution in [0.5, 0.6) is 0 Å². The van der Waals surface area contributed by atoms with E-state index in [0.29, 0.717) is 0 Å². The SMILES string of the molecule is O=C(Cl)c1c(Cl)nc(Cl)nc1Cl. The second kappa shape index (κ2) is 3.75. The zero-order chi connectivity index (χ0) is 9.30. The van der Waals surface area contributed by atoms with Gasteiger partial charge in [0, 0.05) is 0 Å². The quantitative estimate of drug-likeness (QED) is 0.434. The Morgan fingerprint density at radius 2 is 1.50 bits per heavy atom. The maximum Gasteiger partial charge on any atom is 0.258 e. The van der Waals surface area contributed by atoms with Crippen LogP contribution in [-0.2, 0) is 0 Å². The standard InChI is InChI=1S/C5Cl4N2O/c6-2-1(4(8)12)3(7)11-5(9)10-2. The van der Waals surface area contributed by atoms with E-state index in [2.05, 4.69) is 9.97 Å². The van der Waals surface area contributed by atoms with Crippen molar-refractivity contribution in [3.8, 4) is 0 Å². The molecule has 7 heteroatoms. The molecule has 0 saturated heterocycles. The summed E-state index contributed by atoms with van der Waals surface area (Å²) in [6, 6.07) is 0. The molecule has 0 N–H and O–H groups in total. The van der Waals surface area contributed by atoms with E-state index >= 15 is 0 Å². The summed E-state index contributed by atoms with van der Waals surface area (Å²) < 4.78 is 0. The highest BCUT2D eigenvalue weighted by Crippen LogP contribution is 2.24. The molecule has 12 heavy (non-hydrogen) atoms. The van der Waals surface area contributed by atoms with E-state index in [4.69, 9.17) is 46.4 Å². The minimum absolute atomic E-state index is 0.133. The van der Waals surface area contributed by atoms with Crippen LogP contribution in [0, 0.1) is 0 Å². The lowest BCUT2D eigenvalue weighted by atomic mass is 10.4. The molecule has 0 aliphatic carbocycles. The molecule has 0 saturated carbocycles. The summed E-state index contributed by atoms with van der Waals surface area (Å²) in [6.45, 7) is 0. The first-order valence-electron chi connectivity index (χ1n) is 2.60. The Morgan fingerprint density at radius 1 is 1.08 bits per heavy atom. The van der Waals surface area contributed by atoms with Gasteiger partial charge in [-0.15, -0.1) is 0 Å². The van der Waals surface area contributed by atoms with Crippen LogP contribution in [-0.4, -0.2) is 15.2 Å². The van der Waals surface area contributed by atoms with Gasteiger partial charge in [0.2, 0.25) is 5.28 Å². The van der Waals surface area contributed by atoms with Crippen LogP contribution in [0.15, 0.2) is 0 Å². The summed E-state index contributed by atoms with van der Waals surface area (Å²) in [5.74, 6) is 0. The largest absolute Gasteiger partial charge is 0.275 e. The summed E-state index contributed by atoms with van der Waals surface area (Å²) in [6.07, 6.45) is 0. The van der Waals surface area contributed by atoms with E-state index in [1.807, 2.05) is 0 Å². The van der Waals surface area contributed by atoms with E-state index in [9.17, 15) is 4.79 Å². The first-order chi connectivity index (χ1) is 5.52. The van der Waals surface area contributed by atoms with Gasteiger partial charge < -0.3 is 0 Å². The highest BCUT2D eigenvalue weighted by atomic mass is 35.5. The van der Waals surface area contributed by atoms with Crippen LogP contribution in [0.25, 0.3) is 0 Å². The highest BCUT2D eigenvalue weighted by molar-refractivity contribution is 6.69. The highest BCUT2D eigenvalue weighted by Gasteiger charge is 2.16. The van der Waals surface area contributed by atoms with E-state index in [1.165, 1.54) is 0 Å². The van der Waals surface area contributed by atoms with E-state index < -0.39 is 5.24 Å². The lowest BCUT2D eigenvalue weighted by Crippen LogP contribution is -1.97. The third-order valence-corrected chi connectivity index (χ3v) is 1.89. The van der Waals surface area contributed by atoms with Crippen molar-refractivity contribution >= 4 is 51.6 Å². The Balaban J connectivity index is 3.38. The Labute approximate surface area is 87.6 Å². The van der Waals surface area contributed by atoms with Crippen LogP contribution >= 0.6 is 46.4 Å². The molecule has 0 radical (unpaired) electrons. The molecule has 0 atom stereocenters. The van der Waals surface area contributed by atoms with Gasteiger partial charge in [0.1, 0.15) is 15.9 Å². The van der Waals surface area contributed by atoms with Crippen molar-refractivity contribution in [1.82, 2.24) is 9.97 Å². The number of halogens is 4. The van der Waals surface area contributed by atoms with Crippen molar-refractivity contribution in [3.63, 3.8) is 0 Å². The molecule has 0 unspecified atom stereocenters. The van der Waals surface area contributed by atoms with Gasteiger partial charge in [-0.2, -0.15) is 0 Å². The minimum Gasteiger partial charge on any atom is -0.275 e. The number of hydrogen-bond donors (Lipinski definition) is 0. The van der Waals surface area contributed by atoms with Gasteiger partial charge in [-0.1, -0.05) is 23.2 Å². The molecule has 64 valence electrons. The van der Waals surface area contributed by atoms with Gasteiger partial charge in [0.05, 0.1) is 0 Å². The average Bonchev–Trinajstić information content (AvgIpc) is 1.82. The summed E-state index contributed by atoms with van der Waals surface area (Å²) >= 11 is 21.5. The van der Waals surface area contributed by atoms with Crippen LogP contribution in [0.4, 0.5) is 0 Å². The van der Waals surface area contributed by atoms with Crippen molar-refractivity contribution in [3.05, 3.63) is 21.2 Å². The molecule has 0 aliphatic rings. The maximum absolute atomic E-state index is 10.7. The average molecular weight is 246 g/mol. The summed E-state index contributed by atoms with van der Waals surface area (Å²) in [5.41, 5.74) is -0.135. The molecule has 1 rings (SSSR count). The van der Waals surface area contributed by atoms with Crippen LogP contribution in [0.3, 0.4) is 0 Å². The lowest BCUT2D eigenvalue weighted by Gasteiger charge is -1.99. The number of rotatable bonds is 1. The Bertz CT molecular complexity index is 317. The molecule has 0 amide bonds. The first-order valence-corrected chi connectivity index (χ1v) is 4.12. The molecule has 0 bridgehead atoms. The molecule has 0 aliphatic heterocycles. The predicted molar refractivity (Wildman–Crippen MR) is 47.2 cm³/mol. The zero-order valence-corrected chi connectivity index (χ0v) is 8.34. The first kappa shape index (κ1) is 9.99. The minimum atomic E-state index is -0.818. The molecule has 1 aromatic heterocycles. The second-order valence-electron chi connectivity index (χ2n) is 1.72. The lowest BCUT2D eigenvalue weighted by molar-refractivity contribution is 0.108. The fourth-order valence-corrected chi connectivity index (χ4v) is 1.64. The summed E-state index contributed by atoms with van der Waals surface area (Å²) in [7, 11) is 0. The number of aromatic nitrogens is 2. The number of nitrogens with zero attached hydrogens (tertiary/aromatic N) is 2. The van der Waals surface area contributed by atoms with Gasteiger partial charge >= 0.3 is 0 Å². The topological polar surface area (TPSA) is 42.9 Å². The van der Waals surface area contributed by atoms with Gasteiger partial charge in [0.15, 0.2) is 0 Å². The molecule has 1 aromatic rings. The molecule has 3 nitrogen and oxygen atoms in total. The van der Waals surface area contributed by atoms with E-state index in [1.54, 1.807) is 0 Å². The van der Waals surface area contributed by atoms with Gasteiger partial charge in [-0.3, -0.25) is 4.79 Å². The fraction of sp³-hybridized carbons (Fsp3) is 0. The van der Waals surface area contributed by atoms with Gasteiger partial charge in [-0.05, 0) is 23.2 Å². The van der Waals surface area contributed by atoms with Crippen molar-refractivity contribution in [2.24, 2.45) is 0 Å². The zero-order valence-electron chi connectivity index (χ0n) is 5.31. The normalized spacial score (nSPS) is 10.0. The van der Waals surface area contributed by atoms with Crippen LogP contribution < -0.4 is 0 Å². The molecule has 0 fully saturated rings. The smallest absolute Gasteiger partial charge is 0.258 e.